The van der Waals surface area contributed by atoms with Gasteiger partial charge in [0.25, 0.3) is 0 Å². The molecule has 1 aromatic rings. The van der Waals surface area contributed by atoms with E-state index >= 15 is 0 Å². The molecule has 1 heterocycles. The number of hydrogen-bond donors (Lipinski definition) is 1. The molecular weight excluding hydrogens is 289 g/mol. The fourth-order valence-electron chi connectivity index (χ4n) is 2.02. The maximum atomic E-state index is 13.0. The average molecular weight is 308 g/mol. The van der Waals surface area contributed by atoms with Gasteiger partial charge in [0, 0.05) is 19.7 Å². The van der Waals surface area contributed by atoms with Gasteiger partial charge in [-0.2, -0.15) is 13.2 Å². The van der Waals surface area contributed by atoms with Crippen molar-refractivity contribution < 1.29 is 17.9 Å². The van der Waals surface area contributed by atoms with Crippen LogP contribution in [0.4, 0.5) is 13.2 Å². The fourth-order valence-corrected chi connectivity index (χ4v) is 3.23. The zero-order chi connectivity index (χ0) is 14.9. The van der Waals surface area contributed by atoms with Crippen molar-refractivity contribution in [3.05, 3.63) is 15.6 Å². The van der Waals surface area contributed by atoms with E-state index in [-0.39, 0.29) is 23.6 Å². The first-order valence-electron chi connectivity index (χ1n) is 6.66. The van der Waals surface area contributed by atoms with Crippen LogP contribution in [-0.4, -0.2) is 18.1 Å². The molecule has 1 aliphatic carbocycles. The Labute approximate surface area is 120 Å². The van der Waals surface area contributed by atoms with Crippen molar-refractivity contribution in [2.24, 2.45) is 5.92 Å². The van der Waals surface area contributed by atoms with Crippen LogP contribution in [-0.2, 0) is 17.5 Å². The number of halogens is 3. The Bertz CT molecular complexity index is 455. The third kappa shape index (κ3) is 3.71. The maximum Gasteiger partial charge on any atom is 0.434 e. The van der Waals surface area contributed by atoms with Gasteiger partial charge in [0.1, 0.15) is 11.1 Å². The Balaban J connectivity index is 2.26. The van der Waals surface area contributed by atoms with Crippen molar-refractivity contribution in [3.63, 3.8) is 0 Å². The van der Waals surface area contributed by atoms with Gasteiger partial charge < -0.3 is 10.1 Å². The quantitative estimate of drug-likeness (QED) is 0.869. The number of ether oxygens (including phenoxy) is 1. The van der Waals surface area contributed by atoms with Crippen LogP contribution in [0.2, 0.25) is 0 Å². The summed E-state index contributed by atoms with van der Waals surface area (Å²) in [6, 6.07) is 0.128. The molecule has 0 radical (unpaired) electrons. The Morgan fingerprint density at radius 3 is 2.50 bits per heavy atom. The van der Waals surface area contributed by atoms with E-state index in [4.69, 9.17) is 4.74 Å². The molecule has 0 bridgehead atoms. The molecule has 20 heavy (non-hydrogen) atoms. The van der Waals surface area contributed by atoms with Crippen molar-refractivity contribution in [1.82, 2.24) is 10.3 Å². The molecule has 2 rings (SSSR count). The second-order valence-corrected chi connectivity index (χ2v) is 6.47. The second kappa shape index (κ2) is 5.99. The van der Waals surface area contributed by atoms with Crippen LogP contribution >= 0.6 is 11.3 Å². The zero-order valence-corrected chi connectivity index (χ0v) is 12.6. The fraction of sp³-hybridized carbons (Fsp3) is 0.769. The van der Waals surface area contributed by atoms with Gasteiger partial charge in [-0.25, -0.2) is 4.98 Å². The van der Waals surface area contributed by atoms with Crippen LogP contribution in [0.5, 0.6) is 0 Å². The predicted octanol–water partition coefficient (Wildman–Crippen LogP) is 3.76. The number of alkyl halides is 3. The number of nitrogens with zero attached hydrogens (tertiary/aromatic N) is 1. The highest BCUT2D eigenvalue weighted by Gasteiger charge is 2.40. The number of thiazole rings is 1. The van der Waals surface area contributed by atoms with Crippen molar-refractivity contribution in [3.8, 4) is 0 Å². The highest BCUT2D eigenvalue weighted by atomic mass is 32.1. The Morgan fingerprint density at radius 1 is 1.40 bits per heavy atom. The number of nitrogens with one attached hydrogen (secondary N) is 1. The van der Waals surface area contributed by atoms with E-state index < -0.39 is 11.9 Å². The molecule has 1 aromatic heterocycles. The third-order valence-electron chi connectivity index (χ3n) is 3.20. The summed E-state index contributed by atoms with van der Waals surface area (Å²) in [5.41, 5.74) is -0.770. The van der Waals surface area contributed by atoms with E-state index in [1.165, 1.54) is 7.11 Å². The molecule has 0 amide bonds. The lowest BCUT2D eigenvalue weighted by Crippen LogP contribution is -2.23. The van der Waals surface area contributed by atoms with Crippen LogP contribution in [0, 0.1) is 5.92 Å². The summed E-state index contributed by atoms with van der Waals surface area (Å²) in [5.74, 6) is 0.318. The zero-order valence-electron chi connectivity index (χ0n) is 11.8. The van der Waals surface area contributed by atoms with Gasteiger partial charge >= 0.3 is 6.18 Å². The Kier molecular flexibility index (Phi) is 4.71. The summed E-state index contributed by atoms with van der Waals surface area (Å²) in [7, 11) is 1.53. The van der Waals surface area contributed by atoms with Crippen molar-refractivity contribution in [1.29, 1.82) is 0 Å². The summed E-state index contributed by atoms with van der Waals surface area (Å²) >= 11 is 1.11. The van der Waals surface area contributed by atoms with Crippen molar-refractivity contribution in [2.45, 2.75) is 51.6 Å². The predicted molar refractivity (Wildman–Crippen MR) is 71.6 cm³/mol. The average Bonchev–Trinajstić information content (AvgIpc) is 3.05. The number of hydrogen-bond acceptors (Lipinski definition) is 4. The highest BCUT2D eigenvalue weighted by Crippen LogP contribution is 2.46. The second-order valence-electron chi connectivity index (χ2n) is 5.35. The van der Waals surface area contributed by atoms with Crippen LogP contribution < -0.4 is 5.32 Å². The van der Waals surface area contributed by atoms with E-state index in [9.17, 15) is 13.2 Å². The maximum absolute atomic E-state index is 13.0. The molecule has 3 nitrogen and oxygen atoms in total. The number of methoxy groups -OCH3 is 1. The van der Waals surface area contributed by atoms with Crippen LogP contribution in [0.15, 0.2) is 0 Å². The third-order valence-corrected chi connectivity index (χ3v) is 4.32. The first-order valence-corrected chi connectivity index (χ1v) is 7.47. The normalized spacial score (nSPS) is 17.8. The molecule has 1 N–H and O–H groups in total. The van der Waals surface area contributed by atoms with Gasteiger partial charge in [0.15, 0.2) is 5.69 Å². The van der Waals surface area contributed by atoms with Gasteiger partial charge in [-0.05, 0) is 18.8 Å². The monoisotopic (exact) mass is 308 g/mol. The smallest absolute Gasteiger partial charge is 0.374 e. The van der Waals surface area contributed by atoms with Crippen molar-refractivity contribution in [2.75, 3.05) is 7.11 Å². The van der Waals surface area contributed by atoms with Gasteiger partial charge in [0.2, 0.25) is 0 Å². The summed E-state index contributed by atoms with van der Waals surface area (Å²) in [5, 5.41) is 3.47. The minimum Gasteiger partial charge on any atom is -0.374 e. The van der Waals surface area contributed by atoms with Gasteiger partial charge in [-0.15, -0.1) is 11.3 Å². The van der Waals surface area contributed by atoms with E-state index in [0.29, 0.717) is 10.9 Å². The van der Waals surface area contributed by atoms with Crippen molar-refractivity contribution >= 4 is 11.3 Å². The van der Waals surface area contributed by atoms with Crippen LogP contribution in [0.25, 0.3) is 0 Å². The summed E-state index contributed by atoms with van der Waals surface area (Å²) in [6.07, 6.45) is -2.71. The van der Waals surface area contributed by atoms with Gasteiger partial charge in [0.05, 0.1) is 4.88 Å². The van der Waals surface area contributed by atoms with Gasteiger partial charge in [-0.3, -0.25) is 0 Å². The molecular formula is C13H19F3N2OS. The molecule has 0 saturated heterocycles. The molecule has 1 unspecified atom stereocenters. The molecule has 1 fully saturated rings. The SMILES string of the molecule is COC(c1nc(C(F)(F)F)c(CNC(C)C)s1)C1CC1. The molecule has 1 atom stereocenters. The highest BCUT2D eigenvalue weighted by molar-refractivity contribution is 7.11. The van der Waals surface area contributed by atoms with Crippen LogP contribution in [0.1, 0.15) is 48.4 Å². The Hall–Kier alpha value is -0.660. The minimum atomic E-state index is -4.41. The number of rotatable bonds is 6. The Morgan fingerprint density at radius 2 is 2.05 bits per heavy atom. The van der Waals surface area contributed by atoms with E-state index in [1.54, 1.807) is 0 Å². The summed E-state index contributed by atoms with van der Waals surface area (Å²) in [4.78, 5) is 4.06. The molecule has 114 valence electrons. The van der Waals surface area contributed by atoms with E-state index in [2.05, 4.69) is 10.3 Å². The van der Waals surface area contributed by atoms with E-state index in [1.807, 2.05) is 13.8 Å². The summed E-state index contributed by atoms with van der Waals surface area (Å²) < 4.78 is 44.5. The lowest BCUT2D eigenvalue weighted by molar-refractivity contribution is -0.141. The molecule has 0 spiro atoms. The summed E-state index contributed by atoms with van der Waals surface area (Å²) in [6.45, 7) is 3.99. The van der Waals surface area contributed by atoms with Gasteiger partial charge in [-0.1, -0.05) is 13.8 Å². The van der Waals surface area contributed by atoms with E-state index in [0.717, 1.165) is 24.2 Å². The first-order chi connectivity index (χ1) is 9.32. The minimum absolute atomic E-state index is 0.128. The lowest BCUT2D eigenvalue weighted by atomic mass is 10.2. The van der Waals surface area contributed by atoms with Crippen LogP contribution in [0.3, 0.4) is 0 Å². The first kappa shape index (κ1) is 15.7. The molecule has 1 aliphatic rings. The standard InChI is InChI=1S/C13H19F3N2OS/c1-7(2)17-6-9-11(13(14,15)16)18-12(20-9)10(19-3)8-4-5-8/h7-8,10,17H,4-6H2,1-3H3. The molecule has 7 heteroatoms. The number of aromatic nitrogens is 1. The molecule has 1 saturated carbocycles. The molecule has 0 aliphatic heterocycles. The molecule has 0 aromatic carbocycles. The topological polar surface area (TPSA) is 34.1 Å². The lowest BCUT2D eigenvalue weighted by Gasteiger charge is -2.10. The largest absolute Gasteiger partial charge is 0.434 e.